The van der Waals surface area contributed by atoms with Gasteiger partial charge in [0.25, 0.3) is 0 Å². The molecule has 0 bridgehead atoms. The largest absolute Gasteiger partial charge is 0.375 e. The third-order valence-corrected chi connectivity index (χ3v) is 4.08. The number of hydrogen-bond acceptors (Lipinski definition) is 5. The van der Waals surface area contributed by atoms with Gasteiger partial charge in [-0.2, -0.15) is 0 Å². The second-order valence-electron chi connectivity index (χ2n) is 3.54. The monoisotopic (exact) mass is 273 g/mol. The Morgan fingerprint density at radius 3 is 2.62 bits per heavy atom. The molecule has 6 heteroatoms. The van der Waals surface area contributed by atoms with E-state index in [1.54, 1.807) is 11.3 Å². The van der Waals surface area contributed by atoms with Crippen LogP contribution >= 0.6 is 34.3 Å². The zero-order valence-electron chi connectivity index (χ0n) is 8.81. The summed E-state index contributed by atoms with van der Waals surface area (Å²) in [7, 11) is 2.07. The quantitative estimate of drug-likeness (QED) is 0.931. The van der Waals surface area contributed by atoms with Crippen LogP contribution in [0.3, 0.4) is 0 Å². The highest BCUT2D eigenvalue weighted by molar-refractivity contribution is 7.16. The molecule has 0 spiro atoms. The molecule has 2 heterocycles. The predicted molar refractivity (Wildman–Crippen MR) is 71.0 cm³/mol. The molecule has 0 aromatic carbocycles. The van der Waals surface area contributed by atoms with Crippen molar-refractivity contribution in [3.63, 3.8) is 0 Å². The van der Waals surface area contributed by atoms with Crippen molar-refractivity contribution in [3.05, 3.63) is 32.4 Å². The first-order valence-electron chi connectivity index (χ1n) is 4.76. The molecular weight excluding hydrogens is 262 g/mol. The molecule has 2 rings (SSSR count). The van der Waals surface area contributed by atoms with E-state index in [1.807, 2.05) is 12.3 Å². The van der Waals surface area contributed by atoms with E-state index in [9.17, 15) is 0 Å². The molecular formula is C10H12ClN3S2. The molecule has 0 fully saturated rings. The van der Waals surface area contributed by atoms with Gasteiger partial charge in [-0.1, -0.05) is 11.6 Å². The van der Waals surface area contributed by atoms with E-state index in [0.717, 1.165) is 17.4 Å². The fourth-order valence-corrected chi connectivity index (χ4v) is 3.35. The van der Waals surface area contributed by atoms with Gasteiger partial charge in [0.1, 0.15) is 0 Å². The minimum absolute atomic E-state index is 0.627. The van der Waals surface area contributed by atoms with Crippen LogP contribution < -0.4 is 5.73 Å². The number of aromatic nitrogens is 1. The molecule has 2 aromatic heterocycles. The van der Waals surface area contributed by atoms with Crippen LogP contribution in [0.25, 0.3) is 0 Å². The van der Waals surface area contributed by atoms with Crippen molar-refractivity contribution in [1.82, 2.24) is 9.88 Å². The van der Waals surface area contributed by atoms with E-state index in [2.05, 4.69) is 23.0 Å². The molecule has 0 amide bonds. The molecule has 0 aliphatic carbocycles. The minimum Gasteiger partial charge on any atom is -0.375 e. The number of thiophene rings is 1. The molecule has 0 aliphatic heterocycles. The van der Waals surface area contributed by atoms with Gasteiger partial charge in [0.05, 0.1) is 4.34 Å². The van der Waals surface area contributed by atoms with Gasteiger partial charge in [-0.05, 0) is 19.2 Å². The van der Waals surface area contributed by atoms with Crippen LogP contribution in [0.4, 0.5) is 5.13 Å². The summed E-state index contributed by atoms with van der Waals surface area (Å²) in [4.78, 5) is 8.70. The summed E-state index contributed by atoms with van der Waals surface area (Å²) in [6, 6.07) is 3.99. The Morgan fingerprint density at radius 1 is 1.31 bits per heavy atom. The van der Waals surface area contributed by atoms with Crippen molar-refractivity contribution in [3.8, 4) is 0 Å². The minimum atomic E-state index is 0.627. The Labute approximate surface area is 107 Å². The lowest BCUT2D eigenvalue weighted by Crippen LogP contribution is -2.15. The second-order valence-corrected chi connectivity index (χ2v) is 6.49. The van der Waals surface area contributed by atoms with Gasteiger partial charge >= 0.3 is 0 Å². The van der Waals surface area contributed by atoms with E-state index in [1.165, 1.54) is 21.1 Å². The van der Waals surface area contributed by atoms with Crippen molar-refractivity contribution in [2.45, 2.75) is 13.1 Å². The Morgan fingerprint density at radius 2 is 2.06 bits per heavy atom. The highest BCUT2D eigenvalue weighted by Gasteiger charge is 2.06. The average Bonchev–Trinajstić information content (AvgIpc) is 2.76. The number of thiazole rings is 1. The second kappa shape index (κ2) is 5.14. The first-order chi connectivity index (χ1) is 7.63. The lowest BCUT2D eigenvalue weighted by molar-refractivity contribution is 0.325. The molecule has 0 radical (unpaired) electrons. The number of nitrogens with two attached hydrogens (primary N) is 1. The summed E-state index contributed by atoms with van der Waals surface area (Å²) in [5.74, 6) is 0. The maximum atomic E-state index is 5.88. The Bertz CT molecular complexity index is 424. The maximum absolute atomic E-state index is 5.88. The normalized spacial score (nSPS) is 11.2. The molecule has 0 aliphatic rings. The van der Waals surface area contributed by atoms with Crippen molar-refractivity contribution >= 4 is 39.4 Å². The number of hydrogen-bond donors (Lipinski definition) is 1. The van der Waals surface area contributed by atoms with Gasteiger partial charge in [0.15, 0.2) is 5.13 Å². The Kier molecular flexibility index (Phi) is 3.81. The number of anilines is 1. The highest BCUT2D eigenvalue weighted by atomic mass is 35.5. The smallest absolute Gasteiger partial charge is 0.180 e. The molecule has 3 nitrogen and oxygen atoms in total. The Hall–Kier alpha value is -0.620. The van der Waals surface area contributed by atoms with Gasteiger partial charge < -0.3 is 5.73 Å². The van der Waals surface area contributed by atoms with Crippen LogP contribution in [0.15, 0.2) is 18.3 Å². The maximum Gasteiger partial charge on any atom is 0.180 e. The van der Waals surface area contributed by atoms with Crippen LogP contribution in [0.1, 0.15) is 9.75 Å². The molecule has 2 N–H and O–H groups in total. The first-order valence-corrected chi connectivity index (χ1v) is 6.77. The lowest BCUT2D eigenvalue weighted by atomic mass is 10.4. The van der Waals surface area contributed by atoms with Crippen LogP contribution in [0.5, 0.6) is 0 Å². The highest BCUT2D eigenvalue weighted by Crippen LogP contribution is 2.23. The van der Waals surface area contributed by atoms with Gasteiger partial charge in [-0.3, -0.25) is 4.90 Å². The number of rotatable bonds is 4. The van der Waals surface area contributed by atoms with Crippen molar-refractivity contribution in [1.29, 1.82) is 0 Å². The molecule has 0 atom stereocenters. The third-order valence-electron chi connectivity index (χ3n) is 2.05. The summed E-state index contributed by atoms with van der Waals surface area (Å²) in [6.07, 6.45) is 1.83. The fourth-order valence-electron chi connectivity index (χ4n) is 1.42. The summed E-state index contributed by atoms with van der Waals surface area (Å²) in [5.41, 5.74) is 5.58. The van der Waals surface area contributed by atoms with Gasteiger partial charge in [0, 0.05) is 29.0 Å². The SMILES string of the molecule is CN(Cc1ccc(Cl)s1)Cc1cnc(N)s1. The summed E-state index contributed by atoms with van der Waals surface area (Å²) < 4.78 is 0.838. The number of halogens is 1. The fraction of sp³-hybridized carbons (Fsp3) is 0.300. The van der Waals surface area contributed by atoms with Crippen molar-refractivity contribution in [2.24, 2.45) is 0 Å². The number of nitrogens with zero attached hydrogens (tertiary/aromatic N) is 2. The predicted octanol–water partition coefficient (Wildman–Crippen LogP) is 3.07. The topological polar surface area (TPSA) is 42.2 Å². The molecule has 2 aromatic rings. The van der Waals surface area contributed by atoms with Gasteiger partial charge in [-0.15, -0.1) is 22.7 Å². The standard InChI is InChI=1S/C10H12ClN3S2/c1-14(5-7-2-3-9(11)15-7)6-8-4-13-10(12)16-8/h2-4H,5-6H2,1H3,(H2,12,13). The van der Waals surface area contributed by atoms with Crippen LogP contribution in [-0.2, 0) is 13.1 Å². The van der Waals surface area contributed by atoms with E-state index in [0.29, 0.717) is 5.13 Å². The molecule has 86 valence electrons. The van der Waals surface area contributed by atoms with E-state index >= 15 is 0 Å². The summed E-state index contributed by atoms with van der Waals surface area (Å²) >= 11 is 9.04. The van der Waals surface area contributed by atoms with E-state index in [-0.39, 0.29) is 0 Å². The van der Waals surface area contributed by atoms with E-state index in [4.69, 9.17) is 17.3 Å². The van der Waals surface area contributed by atoms with Crippen molar-refractivity contribution in [2.75, 3.05) is 12.8 Å². The summed E-state index contributed by atoms with van der Waals surface area (Å²) in [5, 5.41) is 0.627. The van der Waals surface area contributed by atoms with Crippen molar-refractivity contribution < 1.29 is 0 Å². The van der Waals surface area contributed by atoms with Gasteiger partial charge in [0.2, 0.25) is 0 Å². The zero-order valence-corrected chi connectivity index (χ0v) is 11.2. The van der Waals surface area contributed by atoms with Crippen LogP contribution in [-0.4, -0.2) is 16.9 Å². The van der Waals surface area contributed by atoms with Crippen LogP contribution in [0, 0.1) is 0 Å². The third kappa shape index (κ3) is 3.18. The van der Waals surface area contributed by atoms with Crippen LogP contribution in [0.2, 0.25) is 4.34 Å². The molecule has 0 saturated carbocycles. The van der Waals surface area contributed by atoms with Gasteiger partial charge in [-0.25, -0.2) is 4.98 Å². The first kappa shape index (κ1) is 11.9. The number of nitrogen functional groups attached to an aromatic ring is 1. The Balaban J connectivity index is 1.91. The lowest BCUT2D eigenvalue weighted by Gasteiger charge is -2.13. The average molecular weight is 274 g/mol. The molecule has 0 unspecified atom stereocenters. The van der Waals surface area contributed by atoms with E-state index < -0.39 is 0 Å². The summed E-state index contributed by atoms with van der Waals surface area (Å²) in [6.45, 7) is 1.76. The molecule has 0 saturated heterocycles. The zero-order chi connectivity index (χ0) is 11.5. The molecule has 16 heavy (non-hydrogen) atoms.